The highest BCUT2D eigenvalue weighted by molar-refractivity contribution is 7.90. The van der Waals surface area contributed by atoms with E-state index in [1.54, 1.807) is 6.20 Å². The van der Waals surface area contributed by atoms with Crippen LogP contribution < -0.4 is 9.47 Å². The highest BCUT2D eigenvalue weighted by atomic mass is 35.5. The van der Waals surface area contributed by atoms with Crippen LogP contribution in [0.3, 0.4) is 0 Å². The van der Waals surface area contributed by atoms with Crippen molar-refractivity contribution in [2.24, 2.45) is 0 Å². The van der Waals surface area contributed by atoms with Crippen LogP contribution in [-0.2, 0) is 42.0 Å². The Kier molecular flexibility index (Phi) is 17.2. The van der Waals surface area contributed by atoms with E-state index in [1.165, 1.54) is 12.5 Å². The Balaban J connectivity index is 0.000000216. The fourth-order valence-corrected chi connectivity index (χ4v) is 10.2. The van der Waals surface area contributed by atoms with E-state index < -0.39 is 30.5 Å². The largest absolute Gasteiger partial charge is 0.489 e. The minimum absolute atomic E-state index is 0.140. The summed E-state index contributed by atoms with van der Waals surface area (Å²) in [4.78, 5) is 17.4. The molecule has 0 atom stereocenters. The molecule has 74 heavy (non-hydrogen) atoms. The van der Waals surface area contributed by atoms with Crippen molar-refractivity contribution in [3.05, 3.63) is 177 Å². The van der Waals surface area contributed by atoms with Crippen LogP contribution in [0.15, 0.2) is 122 Å². The second kappa shape index (κ2) is 23.0. The third kappa shape index (κ3) is 13.3. The summed E-state index contributed by atoms with van der Waals surface area (Å²) < 4.78 is 57.4. The van der Waals surface area contributed by atoms with Crippen LogP contribution in [0, 0.1) is 22.7 Å². The second-order valence-electron chi connectivity index (χ2n) is 18.6. The van der Waals surface area contributed by atoms with Crippen LogP contribution in [0.4, 0.5) is 0 Å². The number of rotatable bonds is 16. The maximum Gasteiger partial charge on any atom is 0.155 e. The van der Waals surface area contributed by atoms with Crippen molar-refractivity contribution in [3.63, 3.8) is 0 Å². The number of benzene rings is 6. The minimum atomic E-state index is -3.21. The Hall–Kier alpha value is -6.36. The number of alkyl halides is 2. The lowest BCUT2D eigenvalue weighted by Gasteiger charge is -2.27. The van der Waals surface area contributed by atoms with Crippen LogP contribution in [0.1, 0.15) is 72.6 Å². The van der Waals surface area contributed by atoms with E-state index in [1.807, 2.05) is 84.9 Å². The Labute approximate surface area is 451 Å². The van der Waals surface area contributed by atoms with Crippen LogP contribution in [0.2, 0.25) is 10.0 Å². The fourth-order valence-electron chi connectivity index (χ4n) is 8.26. The summed E-state index contributed by atoms with van der Waals surface area (Å²) in [6.45, 7) is 8.85. The first-order valence-corrected chi connectivity index (χ1v) is 28.9. The minimum Gasteiger partial charge on any atom is -0.489 e. The zero-order valence-electron chi connectivity index (χ0n) is 41.3. The Bertz CT molecular complexity index is 3470. The normalized spacial score (nSPS) is 11.9. The molecule has 0 aliphatic rings. The van der Waals surface area contributed by atoms with Crippen molar-refractivity contribution < 1.29 is 26.3 Å². The standard InChI is InChI=1S/2C28H25Cl2N3O3S/c1-28(2,22-12-20(15-31)27(24(30)14-22)36-11-10-29)21-7-4-18(5-8-21)19-6-9-25-26(13-19)32-16-23(33-25)17-37(3,34)35;1-28(2,23-13-20(15-31)27(24(30)14-23)36-11-10-29)22-7-4-18(5-8-22)19-6-9-25-21(12-19)16-32-26(33-25)17-37(3,34)35/h2*4-9,12-14,16H,10-11,17H2,1-3H3. The van der Waals surface area contributed by atoms with Gasteiger partial charge in [0, 0.05) is 34.9 Å². The molecule has 0 aliphatic carbocycles. The van der Waals surface area contributed by atoms with Crippen molar-refractivity contribution in [1.82, 2.24) is 19.9 Å². The van der Waals surface area contributed by atoms with Gasteiger partial charge < -0.3 is 9.47 Å². The van der Waals surface area contributed by atoms with Gasteiger partial charge in [-0.05, 0) is 93.0 Å². The van der Waals surface area contributed by atoms with Gasteiger partial charge in [-0.2, -0.15) is 10.5 Å². The van der Waals surface area contributed by atoms with Gasteiger partial charge in [0.05, 0.1) is 67.1 Å². The number of sulfone groups is 2. The SMILES string of the molecule is CC(C)(c1ccc(-c2ccc3nc(CS(C)(=O)=O)cnc3c2)cc1)c1cc(Cl)c(OCCCl)c(C#N)c1.CC(C)(c1ccc(-c2ccc3nc(CS(C)(=O)=O)ncc3c2)cc1)c1cc(Cl)c(OCCCl)c(C#N)c1. The summed E-state index contributed by atoms with van der Waals surface area (Å²) in [7, 11) is -6.39. The molecule has 0 unspecified atom stereocenters. The molecular weight excluding hydrogens is 1060 g/mol. The molecule has 2 heterocycles. The molecule has 0 amide bonds. The molecular formula is C56H50Cl4N6O6S2. The molecule has 8 aromatic rings. The van der Waals surface area contributed by atoms with E-state index in [4.69, 9.17) is 55.9 Å². The van der Waals surface area contributed by atoms with Crippen LogP contribution >= 0.6 is 46.4 Å². The number of fused-ring (bicyclic) bond motifs is 2. The van der Waals surface area contributed by atoms with Gasteiger partial charge in [-0.15, -0.1) is 23.2 Å². The number of hydrogen-bond acceptors (Lipinski definition) is 12. The maximum atomic E-state index is 11.6. The molecule has 6 aromatic carbocycles. The average Bonchev–Trinajstić information content (AvgIpc) is 3.36. The van der Waals surface area contributed by atoms with Gasteiger partial charge in [-0.25, -0.2) is 31.8 Å². The molecule has 0 fully saturated rings. The van der Waals surface area contributed by atoms with E-state index in [0.29, 0.717) is 66.7 Å². The van der Waals surface area contributed by atoms with Gasteiger partial charge in [0.25, 0.3) is 0 Å². The summed E-state index contributed by atoms with van der Waals surface area (Å²) in [5.74, 6) is 1.26. The molecule has 0 bridgehead atoms. The third-order valence-electron chi connectivity index (χ3n) is 12.3. The van der Waals surface area contributed by atoms with E-state index in [0.717, 1.165) is 56.1 Å². The zero-order chi connectivity index (χ0) is 53.6. The first kappa shape index (κ1) is 55.4. The number of halogens is 4. The third-order valence-corrected chi connectivity index (χ3v) is 14.8. The van der Waals surface area contributed by atoms with Crippen molar-refractivity contribution in [2.75, 3.05) is 37.5 Å². The van der Waals surface area contributed by atoms with Crippen LogP contribution in [0.5, 0.6) is 11.5 Å². The summed E-state index contributed by atoms with van der Waals surface area (Å²) in [5.41, 5.74) is 10.2. The number of aromatic nitrogens is 4. The van der Waals surface area contributed by atoms with Gasteiger partial charge in [0.15, 0.2) is 31.2 Å². The molecule has 0 saturated carbocycles. The van der Waals surface area contributed by atoms with Crippen molar-refractivity contribution in [1.29, 1.82) is 10.5 Å². The molecule has 0 saturated heterocycles. The number of nitriles is 2. The summed E-state index contributed by atoms with van der Waals surface area (Å²) in [6.07, 6.45) is 5.50. The molecule has 0 radical (unpaired) electrons. The number of ether oxygens (including phenoxy) is 2. The summed E-state index contributed by atoms with van der Waals surface area (Å²) >= 11 is 24.4. The average molecular weight is 1110 g/mol. The molecule has 8 rings (SSSR count). The first-order valence-electron chi connectivity index (χ1n) is 23.0. The lowest BCUT2D eigenvalue weighted by molar-refractivity contribution is 0.341. The van der Waals surface area contributed by atoms with Gasteiger partial charge in [-0.1, -0.05) is 112 Å². The highest BCUT2D eigenvalue weighted by Gasteiger charge is 2.28. The molecule has 18 heteroatoms. The smallest absolute Gasteiger partial charge is 0.155 e. The van der Waals surface area contributed by atoms with E-state index in [2.05, 4.69) is 84.0 Å². The van der Waals surface area contributed by atoms with E-state index in [-0.39, 0.29) is 30.5 Å². The number of hydrogen-bond donors (Lipinski definition) is 0. The molecule has 2 aromatic heterocycles. The van der Waals surface area contributed by atoms with E-state index in [9.17, 15) is 27.4 Å². The summed E-state index contributed by atoms with van der Waals surface area (Å²) in [6, 6.07) is 39.6. The van der Waals surface area contributed by atoms with Crippen molar-refractivity contribution in [3.8, 4) is 45.9 Å². The zero-order valence-corrected chi connectivity index (χ0v) is 45.9. The predicted molar refractivity (Wildman–Crippen MR) is 296 cm³/mol. The van der Waals surface area contributed by atoms with E-state index >= 15 is 0 Å². The predicted octanol–water partition coefficient (Wildman–Crippen LogP) is 12.6. The van der Waals surface area contributed by atoms with Gasteiger partial charge in [0.1, 0.15) is 36.9 Å². The molecule has 0 spiro atoms. The maximum absolute atomic E-state index is 11.6. The second-order valence-corrected chi connectivity index (χ2v) is 24.5. The first-order chi connectivity index (χ1) is 35.0. The van der Waals surface area contributed by atoms with Crippen LogP contribution in [-0.4, -0.2) is 74.3 Å². The van der Waals surface area contributed by atoms with Crippen molar-refractivity contribution >= 4 is 88.0 Å². The number of nitrogens with zero attached hydrogens (tertiary/aromatic N) is 6. The molecule has 12 nitrogen and oxygen atoms in total. The topological polar surface area (TPSA) is 186 Å². The Morgan fingerprint density at radius 1 is 0.527 bits per heavy atom. The van der Waals surface area contributed by atoms with Gasteiger partial charge in [0.2, 0.25) is 0 Å². The lowest BCUT2D eigenvalue weighted by Crippen LogP contribution is -2.19. The molecule has 0 N–H and O–H groups in total. The molecule has 380 valence electrons. The monoisotopic (exact) mass is 1110 g/mol. The van der Waals surface area contributed by atoms with Gasteiger partial charge >= 0.3 is 0 Å². The Morgan fingerprint density at radius 3 is 1.45 bits per heavy atom. The van der Waals surface area contributed by atoms with Crippen LogP contribution in [0.25, 0.3) is 44.2 Å². The molecule has 0 aliphatic heterocycles. The van der Waals surface area contributed by atoms with Gasteiger partial charge in [-0.3, -0.25) is 4.98 Å². The highest BCUT2D eigenvalue weighted by Crippen LogP contribution is 2.41. The quantitative estimate of drug-likeness (QED) is 0.0835. The van der Waals surface area contributed by atoms with Crippen molar-refractivity contribution in [2.45, 2.75) is 50.0 Å². The summed E-state index contributed by atoms with van der Waals surface area (Å²) in [5, 5.41) is 20.9. The Morgan fingerprint density at radius 2 is 0.986 bits per heavy atom. The fraction of sp³-hybridized carbons (Fsp3) is 0.250. The lowest BCUT2D eigenvalue weighted by atomic mass is 9.77.